The van der Waals surface area contributed by atoms with Gasteiger partial charge in [-0.2, -0.15) is 4.98 Å². The number of anilines is 6. The lowest BCUT2D eigenvalue weighted by molar-refractivity contribution is -0.111. The summed E-state index contributed by atoms with van der Waals surface area (Å²) in [5.74, 6) is 0.0283. The van der Waals surface area contributed by atoms with Crippen LogP contribution >= 0.6 is 11.6 Å². The van der Waals surface area contributed by atoms with Gasteiger partial charge in [-0.1, -0.05) is 18.2 Å². The molecule has 0 atom stereocenters. The monoisotopic (exact) mass is 528 g/mol. The minimum atomic E-state index is -0.676. The van der Waals surface area contributed by atoms with E-state index in [4.69, 9.17) is 25.8 Å². The molecule has 1 amide bonds. The number of carbonyl (C=O) groups is 1. The van der Waals surface area contributed by atoms with Gasteiger partial charge >= 0.3 is 0 Å². The lowest BCUT2D eigenvalue weighted by atomic mass is 10.2. The van der Waals surface area contributed by atoms with E-state index in [2.05, 4.69) is 37.4 Å². The maximum absolute atomic E-state index is 14.4. The molecule has 2 heterocycles. The fourth-order valence-corrected chi connectivity index (χ4v) is 3.80. The van der Waals surface area contributed by atoms with Gasteiger partial charge < -0.3 is 35.1 Å². The highest BCUT2D eigenvalue weighted by Gasteiger charge is 2.17. The van der Waals surface area contributed by atoms with Gasteiger partial charge in [0.25, 0.3) is 0 Å². The summed E-state index contributed by atoms with van der Waals surface area (Å²) in [6, 6.07) is 8.30. The van der Waals surface area contributed by atoms with Crippen molar-refractivity contribution >= 4 is 52.0 Å². The average molecular weight is 529 g/mol. The van der Waals surface area contributed by atoms with Crippen molar-refractivity contribution in [2.24, 2.45) is 0 Å². The number of nitrogens with zero attached hydrogens (tertiary/aromatic N) is 3. The molecule has 1 fully saturated rings. The van der Waals surface area contributed by atoms with Crippen molar-refractivity contribution in [3.63, 3.8) is 0 Å². The van der Waals surface area contributed by atoms with Gasteiger partial charge in [0.15, 0.2) is 11.6 Å². The topological polar surface area (TPSA) is 110 Å². The van der Waals surface area contributed by atoms with Crippen molar-refractivity contribution in [1.29, 1.82) is 0 Å². The molecule has 0 spiro atoms. The first-order valence-corrected chi connectivity index (χ1v) is 11.7. The maximum atomic E-state index is 14.4. The van der Waals surface area contributed by atoms with E-state index in [9.17, 15) is 9.18 Å². The summed E-state index contributed by atoms with van der Waals surface area (Å²) < 4.78 is 30.7. The number of nitrogens with one attached hydrogen (secondary N) is 3. The molecular weight excluding hydrogens is 503 g/mol. The second-order valence-electron chi connectivity index (χ2n) is 7.85. The van der Waals surface area contributed by atoms with Gasteiger partial charge in [0.05, 0.1) is 50.7 Å². The number of hydrogen-bond acceptors (Lipinski definition) is 9. The number of benzene rings is 2. The molecule has 0 radical (unpaired) electrons. The molecule has 3 aromatic rings. The minimum absolute atomic E-state index is 0.0643. The van der Waals surface area contributed by atoms with Crippen molar-refractivity contribution in [2.75, 3.05) is 61.4 Å². The van der Waals surface area contributed by atoms with E-state index in [1.54, 1.807) is 7.11 Å². The molecule has 194 valence electrons. The molecule has 1 saturated heterocycles. The zero-order valence-corrected chi connectivity index (χ0v) is 21.1. The number of halogens is 2. The lowest BCUT2D eigenvalue weighted by Crippen LogP contribution is -2.36. The molecule has 0 saturated carbocycles. The van der Waals surface area contributed by atoms with Crippen LogP contribution in [0.2, 0.25) is 5.02 Å². The van der Waals surface area contributed by atoms with Crippen molar-refractivity contribution in [3.05, 3.63) is 60.0 Å². The van der Waals surface area contributed by atoms with Crippen LogP contribution in [0.1, 0.15) is 0 Å². The van der Waals surface area contributed by atoms with Crippen molar-refractivity contribution in [3.8, 4) is 11.5 Å². The Labute approximate surface area is 218 Å². The molecule has 1 aliphatic heterocycles. The van der Waals surface area contributed by atoms with Crippen molar-refractivity contribution in [1.82, 2.24) is 9.97 Å². The first-order chi connectivity index (χ1) is 17.9. The normalized spacial score (nSPS) is 13.0. The molecule has 1 aliphatic rings. The zero-order chi connectivity index (χ0) is 26.4. The van der Waals surface area contributed by atoms with Gasteiger partial charge in [-0.15, -0.1) is 0 Å². The van der Waals surface area contributed by atoms with E-state index in [1.165, 1.54) is 19.4 Å². The second kappa shape index (κ2) is 11.8. The summed E-state index contributed by atoms with van der Waals surface area (Å²) in [6.45, 7) is 6.33. The SMILES string of the molecule is C=CC(=O)Nc1cc(Nc2ncc(Cl)c(Nc3ccc(N4CCOCC4)cc3OC)n2)c(OC)cc1F. The Morgan fingerprint density at radius 2 is 1.84 bits per heavy atom. The number of amides is 1. The van der Waals surface area contributed by atoms with Crippen LogP contribution in [0.25, 0.3) is 0 Å². The molecule has 1 aromatic heterocycles. The smallest absolute Gasteiger partial charge is 0.247 e. The summed E-state index contributed by atoms with van der Waals surface area (Å²) in [4.78, 5) is 22.5. The van der Waals surface area contributed by atoms with Crippen molar-refractivity contribution < 1.29 is 23.4 Å². The molecule has 0 aliphatic carbocycles. The predicted molar refractivity (Wildman–Crippen MR) is 141 cm³/mol. The van der Waals surface area contributed by atoms with E-state index >= 15 is 0 Å². The standard InChI is InChI=1S/C25H26ClFN6O4/c1-4-23(34)29-19-13-20(22(36-3)12-17(19)27)31-25-28-14-16(26)24(32-25)30-18-6-5-15(11-21(18)35-2)33-7-9-37-10-8-33/h4-6,11-14H,1,7-10H2,2-3H3,(H,29,34)(H2,28,30,31,32). The number of aromatic nitrogens is 2. The van der Waals surface area contributed by atoms with E-state index in [-0.39, 0.29) is 22.4 Å². The van der Waals surface area contributed by atoms with E-state index < -0.39 is 11.7 Å². The second-order valence-corrected chi connectivity index (χ2v) is 8.26. The Kier molecular flexibility index (Phi) is 8.26. The maximum Gasteiger partial charge on any atom is 0.247 e. The molecule has 0 unspecified atom stereocenters. The van der Waals surface area contributed by atoms with E-state index in [0.29, 0.717) is 36.2 Å². The van der Waals surface area contributed by atoms with Crippen LogP contribution in [-0.2, 0) is 9.53 Å². The molecule has 0 bridgehead atoms. The molecular formula is C25H26ClFN6O4. The highest BCUT2D eigenvalue weighted by Crippen LogP contribution is 2.35. The third kappa shape index (κ3) is 6.19. The highest BCUT2D eigenvalue weighted by molar-refractivity contribution is 6.33. The van der Waals surface area contributed by atoms with Crippen LogP contribution < -0.4 is 30.3 Å². The fourth-order valence-electron chi connectivity index (χ4n) is 3.67. The Balaban J connectivity index is 1.59. The highest BCUT2D eigenvalue weighted by atomic mass is 35.5. The lowest BCUT2D eigenvalue weighted by Gasteiger charge is -2.29. The van der Waals surface area contributed by atoms with Crippen molar-refractivity contribution in [2.45, 2.75) is 0 Å². The largest absolute Gasteiger partial charge is 0.494 e. The van der Waals surface area contributed by atoms with E-state index in [0.717, 1.165) is 30.9 Å². The number of methoxy groups -OCH3 is 2. The van der Waals surface area contributed by atoms with Gasteiger partial charge in [0.1, 0.15) is 16.5 Å². The van der Waals surface area contributed by atoms with E-state index in [1.807, 2.05) is 18.2 Å². The van der Waals surface area contributed by atoms with Gasteiger partial charge in [-0.25, -0.2) is 9.37 Å². The van der Waals surface area contributed by atoms with Crippen LogP contribution in [-0.4, -0.2) is 56.4 Å². The van der Waals surface area contributed by atoms with Gasteiger partial charge in [0.2, 0.25) is 11.9 Å². The minimum Gasteiger partial charge on any atom is -0.494 e. The zero-order valence-electron chi connectivity index (χ0n) is 20.3. The summed E-state index contributed by atoms with van der Waals surface area (Å²) in [7, 11) is 2.98. The predicted octanol–water partition coefficient (Wildman–Crippen LogP) is 4.73. The number of rotatable bonds is 9. The first-order valence-electron chi connectivity index (χ1n) is 11.3. The van der Waals surface area contributed by atoms with Crippen LogP contribution in [0.5, 0.6) is 11.5 Å². The number of hydrogen-bond donors (Lipinski definition) is 3. The molecule has 10 nitrogen and oxygen atoms in total. The molecule has 4 rings (SSSR count). The van der Waals surface area contributed by atoms with Gasteiger partial charge in [-0.05, 0) is 24.3 Å². The molecule has 2 aromatic carbocycles. The van der Waals surface area contributed by atoms with Gasteiger partial charge in [0, 0.05) is 30.9 Å². The first kappa shape index (κ1) is 26.0. The van der Waals surface area contributed by atoms with Crippen LogP contribution in [0.3, 0.4) is 0 Å². The summed E-state index contributed by atoms with van der Waals surface area (Å²) in [5, 5.41) is 8.84. The Morgan fingerprint density at radius 1 is 1.11 bits per heavy atom. The quantitative estimate of drug-likeness (QED) is 0.339. The number of ether oxygens (including phenoxy) is 3. The molecule has 12 heteroatoms. The number of morpholine rings is 1. The third-order valence-electron chi connectivity index (χ3n) is 5.54. The molecule has 3 N–H and O–H groups in total. The Morgan fingerprint density at radius 3 is 2.54 bits per heavy atom. The summed E-state index contributed by atoms with van der Waals surface area (Å²) in [6.07, 6.45) is 2.46. The number of carbonyl (C=O) groups excluding carboxylic acids is 1. The van der Waals surface area contributed by atoms with Crippen LogP contribution in [0, 0.1) is 5.82 Å². The Bertz CT molecular complexity index is 1300. The average Bonchev–Trinajstić information content (AvgIpc) is 2.92. The fraction of sp³-hybridized carbons (Fsp3) is 0.240. The third-order valence-corrected chi connectivity index (χ3v) is 5.81. The molecule has 37 heavy (non-hydrogen) atoms. The summed E-state index contributed by atoms with van der Waals surface area (Å²) in [5.41, 5.74) is 1.93. The van der Waals surface area contributed by atoms with Crippen LogP contribution in [0.4, 0.5) is 38.9 Å². The van der Waals surface area contributed by atoms with Gasteiger partial charge in [-0.3, -0.25) is 4.79 Å². The summed E-state index contributed by atoms with van der Waals surface area (Å²) >= 11 is 6.37. The Hall–Kier alpha value is -4.09. The van der Waals surface area contributed by atoms with Crippen LogP contribution in [0.15, 0.2) is 49.2 Å².